The number of sulfone groups is 1. The van der Waals surface area contributed by atoms with E-state index in [1.165, 1.54) is 17.4 Å². The zero-order chi connectivity index (χ0) is 18.9. The van der Waals surface area contributed by atoms with Crippen molar-refractivity contribution in [2.24, 2.45) is 0 Å². The summed E-state index contributed by atoms with van der Waals surface area (Å²) in [6, 6.07) is 2.78. The molecular weight excluding hydrogens is 388 g/mol. The lowest BCUT2D eigenvalue weighted by Gasteiger charge is -2.36. The average molecular weight is 403 g/mol. The topological polar surface area (TPSA) is 93.4 Å². The normalized spacial score (nSPS) is 18.3. The molecule has 0 bridgehead atoms. The van der Waals surface area contributed by atoms with Gasteiger partial charge >= 0.3 is 5.76 Å². The molecule has 0 spiro atoms. The van der Waals surface area contributed by atoms with Crippen molar-refractivity contribution in [2.45, 2.75) is 36.0 Å². The molecule has 1 aliphatic rings. The van der Waals surface area contributed by atoms with Gasteiger partial charge in [-0.3, -0.25) is 10.1 Å². The number of aromatic nitrogens is 1. The van der Waals surface area contributed by atoms with Crippen molar-refractivity contribution in [3.8, 4) is 0 Å². The molecule has 1 aliphatic heterocycles. The molecule has 0 aliphatic carbocycles. The second kappa shape index (κ2) is 7.23. The summed E-state index contributed by atoms with van der Waals surface area (Å²) in [5.41, 5.74) is -0.293. The lowest BCUT2D eigenvalue weighted by atomic mass is 10.0. The fourth-order valence-electron chi connectivity index (χ4n) is 3.05. The van der Waals surface area contributed by atoms with Gasteiger partial charge in [0.25, 0.3) is 5.69 Å². The molecule has 1 fully saturated rings. The first-order chi connectivity index (χ1) is 12.3. The summed E-state index contributed by atoms with van der Waals surface area (Å²) in [5, 5.41) is 14.1. The molecule has 3 rings (SSSR count). The molecule has 7 nitrogen and oxygen atoms in total. The largest absolute Gasteiger partial charge is 0.357 e. The van der Waals surface area contributed by atoms with Gasteiger partial charge < -0.3 is 4.90 Å². The fraction of sp³-hybridized carbons (Fsp3) is 0.400. The summed E-state index contributed by atoms with van der Waals surface area (Å²) in [6.07, 6.45) is 4.16. The molecule has 1 unspecified atom stereocenters. The van der Waals surface area contributed by atoms with Crippen LogP contribution in [0.2, 0.25) is 0 Å². The van der Waals surface area contributed by atoms with E-state index in [2.05, 4.69) is 4.98 Å². The second-order valence-corrected chi connectivity index (χ2v) is 8.63. The molecule has 1 saturated heterocycles. The van der Waals surface area contributed by atoms with E-state index in [9.17, 15) is 27.3 Å². The van der Waals surface area contributed by atoms with Crippen LogP contribution in [0, 0.1) is 10.1 Å². The second-order valence-electron chi connectivity index (χ2n) is 5.79. The molecule has 2 aromatic rings. The Morgan fingerprint density at radius 3 is 2.73 bits per heavy atom. The van der Waals surface area contributed by atoms with Crippen LogP contribution >= 0.6 is 11.3 Å². The summed E-state index contributed by atoms with van der Waals surface area (Å²) in [4.78, 5) is 16.1. The van der Waals surface area contributed by atoms with Gasteiger partial charge in [-0.1, -0.05) is 0 Å². The van der Waals surface area contributed by atoms with Crippen LogP contribution in [-0.2, 0) is 9.84 Å². The predicted molar refractivity (Wildman–Crippen MR) is 92.3 cm³/mol. The Kier molecular flexibility index (Phi) is 5.19. The Morgan fingerprint density at radius 2 is 2.12 bits per heavy atom. The highest BCUT2D eigenvalue weighted by Crippen LogP contribution is 2.41. The number of rotatable bonds is 5. The van der Waals surface area contributed by atoms with Crippen molar-refractivity contribution >= 4 is 32.5 Å². The minimum Gasteiger partial charge on any atom is -0.357 e. The highest BCUT2D eigenvalue weighted by Gasteiger charge is 2.33. The molecule has 26 heavy (non-hydrogen) atoms. The van der Waals surface area contributed by atoms with Crippen molar-refractivity contribution in [3.05, 3.63) is 44.9 Å². The van der Waals surface area contributed by atoms with Crippen molar-refractivity contribution in [1.29, 1.82) is 0 Å². The quantitative estimate of drug-likeness (QED) is 0.557. The number of nitro groups is 1. The van der Waals surface area contributed by atoms with E-state index in [0.29, 0.717) is 12.6 Å². The Hall–Kier alpha value is -2.14. The lowest BCUT2D eigenvalue weighted by Crippen LogP contribution is -2.33. The van der Waals surface area contributed by atoms with Crippen LogP contribution < -0.4 is 4.90 Å². The molecule has 1 atom stereocenters. The number of hydrogen-bond acceptors (Lipinski definition) is 7. The number of thiazole rings is 1. The standard InChI is InChI=1S/C15H15F2N3O4S2/c16-15(17)26(23,24)10-4-5-11(13(9-10)20(21)22)19-7-2-1-3-12(19)14-18-6-8-25-14/h4-6,8-9,12,15H,1-3,7H2. The smallest absolute Gasteiger partial charge is 0.341 e. The molecule has 1 aromatic carbocycles. The molecule has 0 radical (unpaired) electrons. The van der Waals surface area contributed by atoms with E-state index < -0.39 is 31.1 Å². The summed E-state index contributed by atoms with van der Waals surface area (Å²) >= 11 is 1.44. The molecule has 140 valence electrons. The van der Waals surface area contributed by atoms with Gasteiger partial charge in [-0.2, -0.15) is 8.78 Å². The van der Waals surface area contributed by atoms with Gasteiger partial charge in [0.2, 0.25) is 9.84 Å². The molecule has 0 saturated carbocycles. The number of alkyl halides is 2. The highest BCUT2D eigenvalue weighted by molar-refractivity contribution is 7.91. The summed E-state index contributed by atoms with van der Waals surface area (Å²) in [5.74, 6) is -3.63. The Morgan fingerprint density at radius 1 is 1.35 bits per heavy atom. The van der Waals surface area contributed by atoms with E-state index in [0.717, 1.165) is 30.3 Å². The van der Waals surface area contributed by atoms with Crippen LogP contribution in [0.15, 0.2) is 34.7 Å². The molecule has 2 heterocycles. The summed E-state index contributed by atoms with van der Waals surface area (Å²) in [7, 11) is -4.90. The van der Waals surface area contributed by atoms with E-state index in [1.54, 1.807) is 11.1 Å². The predicted octanol–water partition coefficient (Wildman–Crippen LogP) is 3.78. The summed E-state index contributed by atoms with van der Waals surface area (Å²) < 4.78 is 48.8. The number of halogens is 2. The maximum atomic E-state index is 12.8. The minimum atomic E-state index is -4.90. The minimum absolute atomic E-state index is 0.167. The van der Waals surface area contributed by atoms with Gasteiger partial charge in [0.15, 0.2) is 0 Å². The Balaban J connectivity index is 2.07. The SMILES string of the molecule is O=[N+]([O-])c1cc(S(=O)(=O)C(F)F)ccc1N1CCCCC1c1nccs1. The Labute approximate surface area is 152 Å². The van der Waals surface area contributed by atoms with Gasteiger partial charge in [-0.25, -0.2) is 13.4 Å². The van der Waals surface area contributed by atoms with E-state index in [1.807, 2.05) is 5.38 Å². The molecular formula is C15H15F2N3O4S2. The van der Waals surface area contributed by atoms with Crippen molar-refractivity contribution in [3.63, 3.8) is 0 Å². The van der Waals surface area contributed by atoms with Crippen molar-refractivity contribution in [2.75, 3.05) is 11.4 Å². The van der Waals surface area contributed by atoms with Gasteiger partial charge in [0.05, 0.1) is 15.9 Å². The van der Waals surface area contributed by atoms with E-state index >= 15 is 0 Å². The number of nitrogens with zero attached hydrogens (tertiary/aromatic N) is 3. The van der Waals surface area contributed by atoms with Crippen LogP contribution in [0.4, 0.5) is 20.2 Å². The fourth-order valence-corrected chi connectivity index (χ4v) is 4.57. The molecule has 0 N–H and O–H groups in total. The third kappa shape index (κ3) is 3.40. The van der Waals surface area contributed by atoms with Gasteiger partial charge in [0.1, 0.15) is 10.7 Å². The molecule has 11 heteroatoms. The van der Waals surface area contributed by atoms with Gasteiger partial charge in [-0.05, 0) is 31.4 Å². The maximum absolute atomic E-state index is 12.8. The number of piperidine rings is 1. The first-order valence-corrected chi connectivity index (χ1v) is 10.2. The van der Waals surface area contributed by atoms with Crippen LogP contribution in [0.5, 0.6) is 0 Å². The number of benzene rings is 1. The Bertz CT molecular complexity index is 904. The van der Waals surface area contributed by atoms with Crippen LogP contribution in [0.3, 0.4) is 0 Å². The highest BCUT2D eigenvalue weighted by atomic mass is 32.2. The first kappa shape index (κ1) is 18.6. The summed E-state index contributed by atoms with van der Waals surface area (Å²) in [6.45, 7) is 0.534. The number of anilines is 1. The van der Waals surface area contributed by atoms with E-state index in [-0.39, 0.29) is 11.7 Å². The lowest BCUT2D eigenvalue weighted by molar-refractivity contribution is -0.384. The van der Waals surface area contributed by atoms with Gasteiger partial charge in [0, 0.05) is 24.2 Å². The maximum Gasteiger partial charge on any atom is 0.341 e. The third-order valence-electron chi connectivity index (χ3n) is 4.26. The monoisotopic (exact) mass is 403 g/mol. The number of hydrogen-bond donors (Lipinski definition) is 0. The molecule has 0 amide bonds. The third-order valence-corrected chi connectivity index (χ3v) is 6.51. The van der Waals surface area contributed by atoms with Crippen LogP contribution in [0.1, 0.15) is 30.3 Å². The van der Waals surface area contributed by atoms with Crippen molar-refractivity contribution < 1.29 is 22.1 Å². The molecule has 1 aromatic heterocycles. The van der Waals surface area contributed by atoms with Crippen molar-refractivity contribution in [1.82, 2.24) is 4.98 Å². The zero-order valence-electron chi connectivity index (χ0n) is 13.4. The zero-order valence-corrected chi connectivity index (χ0v) is 15.0. The van der Waals surface area contributed by atoms with E-state index in [4.69, 9.17) is 0 Å². The first-order valence-electron chi connectivity index (χ1n) is 7.79. The van der Waals surface area contributed by atoms with Crippen LogP contribution in [0.25, 0.3) is 0 Å². The van der Waals surface area contributed by atoms with Crippen LogP contribution in [-0.4, -0.2) is 30.6 Å². The van der Waals surface area contributed by atoms with Gasteiger partial charge in [-0.15, -0.1) is 11.3 Å². The average Bonchev–Trinajstić information content (AvgIpc) is 3.15. The number of nitro benzene ring substituents is 1.